The average Bonchev–Trinajstić information content (AvgIpc) is 2.73. The molecule has 1 heterocycles. The van der Waals surface area contributed by atoms with Crippen molar-refractivity contribution < 1.29 is 13.9 Å². The predicted molar refractivity (Wildman–Crippen MR) is 102 cm³/mol. The van der Waals surface area contributed by atoms with Crippen LogP contribution in [0.5, 0.6) is 5.75 Å². The number of nitrogens with zero attached hydrogens (tertiary/aromatic N) is 1. The van der Waals surface area contributed by atoms with Crippen molar-refractivity contribution in [3.63, 3.8) is 0 Å². The molecule has 1 unspecified atom stereocenters. The highest BCUT2D eigenvalue weighted by Crippen LogP contribution is 2.36. The number of carbonyl (C=O) groups excluding carboxylic acids is 1. The molecule has 27 heavy (non-hydrogen) atoms. The molecule has 0 N–H and O–H groups in total. The Morgan fingerprint density at radius 3 is 2.44 bits per heavy atom. The second kappa shape index (κ2) is 7.23. The molecule has 1 amide bonds. The van der Waals surface area contributed by atoms with Crippen LogP contribution in [-0.4, -0.2) is 24.5 Å². The molecule has 1 aliphatic heterocycles. The van der Waals surface area contributed by atoms with Gasteiger partial charge in [0.2, 0.25) is 0 Å². The highest BCUT2D eigenvalue weighted by atomic mass is 19.1. The number of halogens is 1. The second-order valence-electron chi connectivity index (χ2n) is 6.60. The van der Waals surface area contributed by atoms with Gasteiger partial charge >= 0.3 is 0 Å². The minimum Gasteiger partial charge on any atom is -0.497 e. The molecule has 4 heteroatoms. The molecular formula is C23H20FNO2. The largest absolute Gasteiger partial charge is 0.497 e. The van der Waals surface area contributed by atoms with Crippen molar-refractivity contribution >= 4 is 5.91 Å². The lowest BCUT2D eigenvalue weighted by Gasteiger charge is -2.38. The van der Waals surface area contributed by atoms with Gasteiger partial charge in [0.15, 0.2) is 0 Å². The lowest BCUT2D eigenvalue weighted by molar-refractivity contribution is 0.0690. The van der Waals surface area contributed by atoms with Crippen LogP contribution in [0.2, 0.25) is 0 Å². The molecule has 0 aliphatic carbocycles. The van der Waals surface area contributed by atoms with Crippen molar-refractivity contribution in [1.82, 2.24) is 4.90 Å². The molecule has 3 nitrogen and oxygen atoms in total. The van der Waals surface area contributed by atoms with E-state index >= 15 is 0 Å². The summed E-state index contributed by atoms with van der Waals surface area (Å²) in [5, 5.41) is 0. The van der Waals surface area contributed by atoms with Gasteiger partial charge in [0.1, 0.15) is 11.6 Å². The summed E-state index contributed by atoms with van der Waals surface area (Å²) in [5.74, 6) is -0.0203. The molecule has 0 aromatic heterocycles. The molecule has 1 aliphatic rings. The smallest absolute Gasteiger partial charge is 0.257 e. The van der Waals surface area contributed by atoms with Gasteiger partial charge in [0.25, 0.3) is 5.91 Å². The summed E-state index contributed by atoms with van der Waals surface area (Å²) < 4.78 is 19.5. The summed E-state index contributed by atoms with van der Waals surface area (Å²) in [7, 11) is 1.62. The summed E-state index contributed by atoms with van der Waals surface area (Å²) in [6.07, 6.45) is 0.753. The monoisotopic (exact) mass is 361 g/mol. The zero-order valence-electron chi connectivity index (χ0n) is 15.1. The van der Waals surface area contributed by atoms with Gasteiger partial charge in [-0.25, -0.2) is 4.39 Å². The Balaban J connectivity index is 1.80. The highest BCUT2D eigenvalue weighted by molar-refractivity contribution is 5.95. The van der Waals surface area contributed by atoms with Crippen molar-refractivity contribution in [3.05, 3.63) is 101 Å². The summed E-state index contributed by atoms with van der Waals surface area (Å²) in [5.41, 5.74) is 3.39. The van der Waals surface area contributed by atoms with Gasteiger partial charge in [-0.1, -0.05) is 48.5 Å². The number of carbonyl (C=O) groups is 1. The van der Waals surface area contributed by atoms with Gasteiger partial charge in [0, 0.05) is 6.54 Å². The molecule has 0 radical (unpaired) electrons. The van der Waals surface area contributed by atoms with Gasteiger partial charge in [-0.3, -0.25) is 4.79 Å². The molecule has 4 rings (SSSR count). The molecule has 3 aromatic carbocycles. The van der Waals surface area contributed by atoms with Crippen LogP contribution >= 0.6 is 0 Å². The van der Waals surface area contributed by atoms with Gasteiger partial charge in [-0.05, 0) is 47.4 Å². The van der Waals surface area contributed by atoms with Crippen molar-refractivity contribution in [1.29, 1.82) is 0 Å². The molecular weight excluding hydrogens is 341 g/mol. The van der Waals surface area contributed by atoms with Crippen LogP contribution in [-0.2, 0) is 6.42 Å². The van der Waals surface area contributed by atoms with Crippen molar-refractivity contribution in [3.8, 4) is 5.75 Å². The zero-order valence-corrected chi connectivity index (χ0v) is 15.1. The number of fused-ring (bicyclic) bond motifs is 1. The van der Waals surface area contributed by atoms with E-state index in [0.29, 0.717) is 6.54 Å². The number of amides is 1. The van der Waals surface area contributed by atoms with Crippen LogP contribution in [0.3, 0.4) is 0 Å². The Kier molecular flexibility index (Phi) is 4.63. The van der Waals surface area contributed by atoms with E-state index in [4.69, 9.17) is 4.74 Å². The lowest BCUT2D eigenvalue weighted by atomic mass is 9.87. The lowest BCUT2D eigenvalue weighted by Crippen LogP contribution is -2.41. The molecule has 0 bridgehead atoms. The summed E-state index contributed by atoms with van der Waals surface area (Å²) >= 11 is 0. The first-order valence-corrected chi connectivity index (χ1v) is 8.96. The third-order valence-electron chi connectivity index (χ3n) is 5.08. The normalized spacial score (nSPS) is 15.9. The Hall–Kier alpha value is -3.14. The van der Waals surface area contributed by atoms with Crippen molar-refractivity contribution in [2.45, 2.75) is 12.5 Å². The van der Waals surface area contributed by atoms with Crippen LogP contribution in [0.1, 0.15) is 33.1 Å². The number of rotatable bonds is 3. The highest BCUT2D eigenvalue weighted by Gasteiger charge is 2.33. The maximum Gasteiger partial charge on any atom is 0.257 e. The van der Waals surface area contributed by atoms with E-state index < -0.39 is 5.82 Å². The molecule has 0 spiro atoms. The van der Waals surface area contributed by atoms with Crippen LogP contribution < -0.4 is 4.74 Å². The van der Waals surface area contributed by atoms with E-state index in [9.17, 15) is 9.18 Å². The van der Waals surface area contributed by atoms with Gasteiger partial charge in [-0.2, -0.15) is 0 Å². The maximum absolute atomic E-state index is 14.3. The fourth-order valence-electron chi connectivity index (χ4n) is 3.72. The molecule has 136 valence electrons. The fraction of sp³-hybridized carbons (Fsp3) is 0.174. The van der Waals surface area contributed by atoms with Crippen LogP contribution in [0.25, 0.3) is 0 Å². The third kappa shape index (κ3) is 3.19. The van der Waals surface area contributed by atoms with E-state index in [0.717, 1.165) is 23.3 Å². The van der Waals surface area contributed by atoms with E-state index in [1.807, 2.05) is 42.5 Å². The molecule has 0 saturated carbocycles. The molecule has 0 saturated heterocycles. The van der Waals surface area contributed by atoms with Crippen LogP contribution in [0.4, 0.5) is 4.39 Å². The first kappa shape index (κ1) is 17.3. The quantitative estimate of drug-likeness (QED) is 0.681. The zero-order chi connectivity index (χ0) is 18.8. The molecule has 0 fully saturated rings. The SMILES string of the molecule is COc1ccc(C2c3ccccc3CCN2C(=O)c2ccccc2F)cc1. The van der Waals surface area contributed by atoms with E-state index in [1.54, 1.807) is 30.2 Å². The van der Waals surface area contributed by atoms with E-state index in [2.05, 4.69) is 6.07 Å². The van der Waals surface area contributed by atoms with Crippen molar-refractivity contribution in [2.75, 3.05) is 13.7 Å². The summed E-state index contributed by atoms with van der Waals surface area (Å²) in [6.45, 7) is 0.543. The van der Waals surface area contributed by atoms with Gasteiger partial charge < -0.3 is 9.64 Å². The summed E-state index contributed by atoms with van der Waals surface area (Å²) in [6, 6.07) is 21.7. The van der Waals surface area contributed by atoms with Crippen LogP contribution in [0.15, 0.2) is 72.8 Å². The maximum atomic E-state index is 14.3. The first-order chi connectivity index (χ1) is 13.2. The van der Waals surface area contributed by atoms with Crippen molar-refractivity contribution in [2.24, 2.45) is 0 Å². The number of hydrogen-bond donors (Lipinski definition) is 0. The molecule has 3 aromatic rings. The number of hydrogen-bond acceptors (Lipinski definition) is 2. The predicted octanol–water partition coefficient (Wildman–Crippen LogP) is 4.62. The summed E-state index contributed by atoms with van der Waals surface area (Å²) in [4.78, 5) is 15.0. The average molecular weight is 361 g/mol. The minimum atomic E-state index is -0.491. The second-order valence-corrected chi connectivity index (χ2v) is 6.60. The van der Waals surface area contributed by atoms with Crippen LogP contribution in [0, 0.1) is 5.82 Å². The Morgan fingerprint density at radius 1 is 1.00 bits per heavy atom. The van der Waals surface area contributed by atoms with E-state index in [1.165, 1.54) is 11.6 Å². The molecule has 1 atom stereocenters. The topological polar surface area (TPSA) is 29.5 Å². The minimum absolute atomic E-state index is 0.107. The number of ether oxygens (including phenoxy) is 1. The Morgan fingerprint density at radius 2 is 1.70 bits per heavy atom. The Labute approximate surface area is 158 Å². The number of benzene rings is 3. The first-order valence-electron chi connectivity index (χ1n) is 8.96. The van der Waals surface area contributed by atoms with E-state index in [-0.39, 0.29) is 17.5 Å². The fourth-order valence-corrected chi connectivity index (χ4v) is 3.72. The third-order valence-corrected chi connectivity index (χ3v) is 5.08. The van der Waals surface area contributed by atoms with Gasteiger partial charge in [-0.15, -0.1) is 0 Å². The Bertz CT molecular complexity index is 968. The standard InChI is InChI=1S/C23H20FNO2/c1-27-18-12-10-17(11-13-18)22-19-7-3-2-6-16(19)14-15-25(22)23(26)20-8-4-5-9-21(20)24/h2-13,22H,14-15H2,1H3. The number of methoxy groups -OCH3 is 1. The van der Waals surface area contributed by atoms with Gasteiger partial charge in [0.05, 0.1) is 18.7 Å².